The average Bonchev–Trinajstić information content (AvgIpc) is 3.01. The number of nitrogens with zero attached hydrogens (tertiary/aromatic N) is 3. The van der Waals surface area contributed by atoms with Crippen LogP contribution in [0.4, 0.5) is 11.5 Å². The largest absolute Gasteiger partial charge is 0.339 e. The van der Waals surface area contributed by atoms with Crippen LogP contribution in [-0.2, 0) is 0 Å². The number of carbonyl (C=O) groups excluding carboxylic acids is 1. The predicted molar refractivity (Wildman–Crippen MR) is 81.6 cm³/mol. The molecule has 2 heterocycles. The molecule has 1 aromatic heterocycles. The minimum Gasteiger partial charge on any atom is -0.339 e. The minimum absolute atomic E-state index is 0.0258. The first-order valence-corrected chi connectivity index (χ1v) is 7.17. The van der Waals surface area contributed by atoms with Gasteiger partial charge < -0.3 is 10.2 Å². The molecule has 0 spiro atoms. The molecule has 108 valence electrons. The highest BCUT2D eigenvalue weighted by molar-refractivity contribution is 5.92. The third-order valence-electron chi connectivity index (χ3n) is 3.55. The number of hydrogen-bond donors (Lipinski definition) is 1. The third kappa shape index (κ3) is 3.18. The van der Waals surface area contributed by atoms with Crippen LogP contribution < -0.4 is 5.32 Å². The summed E-state index contributed by atoms with van der Waals surface area (Å²) in [5.74, 6) is 0.612. The zero-order chi connectivity index (χ0) is 14.7. The molecule has 1 aromatic carbocycles. The molecule has 5 nitrogen and oxygen atoms in total. The van der Waals surface area contributed by atoms with Crippen molar-refractivity contribution in [3.63, 3.8) is 0 Å². The molecule has 1 fully saturated rings. The van der Waals surface area contributed by atoms with E-state index in [1.54, 1.807) is 12.4 Å². The minimum atomic E-state index is -0.0258. The molecule has 21 heavy (non-hydrogen) atoms. The number of anilines is 2. The number of hydrogen-bond acceptors (Lipinski definition) is 4. The molecule has 3 rings (SSSR count). The van der Waals surface area contributed by atoms with Gasteiger partial charge in [-0.15, -0.1) is 0 Å². The van der Waals surface area contributed by atoms with Crippen molar-refractivity contribution >= 4 is 17.4 Å². The van der Waals surface area contributed by atoms with E-state index in [9.17, 15) is 4.79 Å². The Morgan fingerprint density at radius 3 is 2.67 bits per heavy atom. The van der Waals surface area contributed by atoms with Gasteiger partial charge in [-0.2, -0.15) is 0 Å². The normalized spacial score (nSPS) is 14.2. The second-order valence-electron chi connectivity index (χ2n) is 5.28. The summed E-state index contributed by atoms with van der Waals surface area (Å²) in [5, 5.41) is 3.18. The lowest BCUT2D eigenvalue weighted by Gasteiger charge is -2.14. The van der Waals surface area contributed by atoms with Gasteiger partial charge >= 0.3 is 0 Å². The van der Waals surface area contributed by atoms with Gasteiger partial charge in [0, 0.05) is 18.8 Å². The maximum absolute atomic E-state index is 12.2. The lowest BCUT2D eigenvalue weighted by Crippen LogP contribution is -2.28. The highest BCUT2D eigenvalue weighted by atomic mass is 16.2. The molecule has 0 unspecified atom stereocenters. The summed E-state index contributed by atoms with van der Waals surface area (Å²) in [6, 6.07) is 8.02. The lowest BCUT2D eigenvalue weighted by atomic mass is 10.2. The quantitative estimate of drug-likeness (QED) is 0.940. The Morgan fingerprint density at radius 2 is 2.00 bits per heavy atom. The highest BCUT2D eigenvalue weighted by Crippen LogP contribution is 2.16. The van der Waals surface area contributed by atoms with E-state index < -0.39 is 0 Å². The fourth-order valence-electron chi connectivity index (χ4n) is 2.46. The molecule has 1 amide bonds. The zero-order valence-electron chi connectivity index (χ0n) is 12.0. The summed E-state index contributed by atoms with van der Waals surface area (Å²) >= 11 is 0. The number of aryl methyl sites for hydroxylation is 1. The summed E-state index contributed by atoms with van der Waals surface area (Å²) in [5.41, 5.74) is 2.54. The summed E-state index contributed by atoms with van der Waals surface area (Å²) in [7, 11) is 0. The Morgan fingerprint density at radius 1 is 1.19 bits per heavy atom. The Balaban J connectivity index is 1.70. The number of rotatable bonds is 3. The molecule has 0 aliphatic carbocycles. The van der Waals surface area contributed by atoms with Gasteiger partial charge in [0.2, 0.25) is 0 Å². The number of amides is 1. The van der Waals surface area contributed by atoms with Gasteiger partial charge in [0.1, 0.15) is 11.5 Å². The van der Waals surface area contributed by atoms with Crippen molar-refractivity contribution in [2.24, 2.45) is 0 Å². The van der Waals surface area contributed by atoms with Crippen LogP contribution >= 0.6 is 0 Å². The second-order valence-corrected chi connectivity index (χ2v) is 5.28. The van der Waals surface area contributed by atoms with Crippen molar-refractivity contribution in [3.05, 3.63) is 47.9 Å². The van der Waals surface area contributed by atoms with Gasteiger partial charge in [0.15, 0.2) is 0 Å². The fourth-order valence-corrected chi connectivity index (χ4v) is 2.46. The Labute approximate surface area is 124 Å². The van der Waals surface area contributed by atoms with Crippen molar-refractivity contribution < 1.29 is 4.79 Å². The van der Waals surface area contributed by atoms with Gasteiger partial charge in [-0.1, -0.05) is 12.1 Å². The molecule has 5 heteroatoms. The molecular weight excluding hydrogens is 264 g/mol. The molecule has 1 aliphatic heterocycles. The highest BCUT2D eigenvalue weighted by Gasteiger charge is 2.20. The lowest BCUT2D eigenvalue weighted by molar-refractivity contribution is 0.0786. The summed E-state index contributed by atoms with van der Waals surface area (Å²) in [4.78, 5) is 22.5. The Bertz CT molecular complexity index is 633. The van der Waals surface area contributed by atoms with E-state index in [0.717, 1.165) is 31.6 Å². The molecule has 0 bridgehead atoms. The van der Waals surface area contributed by atoms with E-state index in [-0.39, 0.29) is 5.91 Å². The van der Waals surface area contributed by atoms with Gasteiger partial charge in [-0.25, -0.2) is 9.97 Å². The van der Waals surface area contributed by atoms with Crippen LogP contribution in [-0.4, -0.2) is 33.9 Å². The van der Waals surface area contributed by atoms with Crippen LogP contribution in [0, 0.1) is 6.92 Å². The number of nitrogens with one attached hydrogen (secondary N) is 1. The monoisotopic (exact) mass is 282 g/mol. The van der Waals surface area contributed by atoms with Gasteiger partial charge in [0.05, 0.1) is 12.4 Å². The SMILES string of the molecule is Cc1cccc(Nc2cnc(C(=O)N3CCCC3)cn2)c1. The molecule has 1 N–H and O–H groups in total. The van der Waals surface area contributed by atoms with Gasteiger partial charge in [0.25, 0.3) is 5.91 Å². The molecule has 0 atom stereocenters. The number of aromatic nitrogens is 2. The van der Waals surface area contributed by atoms with E-state index >= 15 is 0 Å². The van der Waals surface area contributed by atoms with Crippen LogP contribution in [0.5, 0.6) is 0 Å². The van der Waals surface area contributed by atoms with Crippen LogP contribution in [0.15, 0.2) is 36.7 Å². The number of carbonyl (C=O) groups is 1. The maximum Gasteiger partial charge on any atom is 0.274 e. The summed E-state index contributed by atoms with van der Waals surface area (Å²) < 4.78 is 0. The molecule has 0 radical (unpaired) electrons. The number of likely N-dealkylation sites (tertiary alicyclic amines) is 1. The molecule has 1 aliphatic rings. The topological polar surface area (TPSA) is 58.1 Å². The van der Waals surface area contributed by atoms with Crippen LogP contribution in [0.1, 0.15) is 28.9 Å². The average molecular weight is 282 g/mol. The summed E-state index contributed by atoms with van der Waals surface area (Å²) in [6.07, 6.45) is 5.29. The first-order valence-electron chi connectivity index (χ1n) is 7.17. The van der Waals surface area contributed by atoms with Crippen LogP contribution in [0.25, 0.3) is 0 Å². The molecule has 0 saturated carbocycles. The van der Waals surface area contributed by atoms with Crippen molar-refractivity contribution in [2.75, 3.05) is 18.4 Å². The van der Waals surface area contributed by atoms with Crippen molar-refractivity contribution in [3.8, 4) is 0 Å². The second kappa shape index (κ2) is 5.91. The van der Waals surface area contributed by atoms with Crippen LogP contribution in [0.3, 0.4) is 0 Å². The maximum atomic E-state index is 12.2. The molecular formula is C16H18N4O. The number of benzene rings is 1. The first kappa shape index (κ1) is 13.5. The van der Waals surface area contributed by atoms with E-state index in [1.807, 2.05) is 36.1 Å². The van der Waals surface area contributed by atoms with E-state index in [2.05, 4.69) is 15.3 Å². The molecule has 1 saturated heterocycles. The molecule has 2 aromatic rings. The van der Waals surface area contributed by atoms with Crippen molar-refractivity contribution in [2.45, 2.75) is 19.8 Å². The van der Waals surface area contributed by atoms with Gasteiger partial charge in [-0.3, -0.25) is 4.79 Å². The predicted octanol–water partition coefficient (Wildman–Crippen LogP) is 2.76. The van der Waals surface area contributed by atoms with E-state index in [4.69, 9.17) is 0 Å². The Hall–Kier alpha value is -2.43. The van der Waals surface area contributed by atoms with Crippen molar-refractivity contribution in [1.29, 1.82) is 0 Å². The van der Waals surface area contributed by atoms with E-state index in [0.29, 0.717) is 11.5 Å². The first-order chi connectivity index (χ1) is 10.2. The zero-order valence-corrected chi connectivity index (χ0v) is 12.0. The fraction of sp³-hybridized carbons (Fsp3) is 0.312. The van der Waals surface area contributed by atoms with E-state index in [1.165, 1.54) is 5.56 Å². The van der Waals surface area contributed by atoms with Crippen LogP contribution in [0.2, 0.25) is 0 Å². The summed E-state index contributed by atoms with van der Waals surface area (Å²) in [6.45, 7) is 3.68. The third-order valence-corrected chi connectivity index (χ3v) is 3.55. The standard InChI is InChI=1S/C16H18N4O/c1-12-5-4-6-13(9-12)19-15-11-17-14(10-18-15)16(21)20-7-2-3-8-20/h4-6,9-11H,2-3,7-8H2,1H3,(H,18,19). The Kier molecular flexibility index (Phi) is 3.81. The van der Waals surface area contributed by atoms with Gasteiger partial charge in [-0.05, 0) is 37.5 Å². The smallest absolute Gasteiger partial charge is 0.274 e. The van der Waals surface area contributed by atoms with Crippen molar-refractivity contribution in [1.82, 2.24) is 14.9 Å².